The fourth-order valence-electron chi connectivity index (χ4n) is 2.72. The third kappa shape index (κ3) is 1.71. The molecule has 0 aromatic heterocycles. The molecule has 4 atom stereocenters. The Morgan fingerprint density at radius 3 is 2.21 bits per heavy atom. The lowest BCUT2D eigenvalue weighted by atomic mass is 9.85. The van der Waals surface area contributed by atoms with Gasteiger partial charge >= 0.3 is 5.97 Å². The highest BCUT2D eigenvalue weighted by atomic mass is 16.7. The van der Waals surface area contributed by atoms with Crippen LogP contribution in [0, 0.1) is 11.8 Å². The van der Waals surface area contributed by atoms with Crippen LogP contribution in [0.15, 0.2) is 23.8 Å². The van der Waals surface area contributed by atoms with Gasteiger partial charge in [-0.3, -0.25) is 9.59 Å². The number of ether oxygens (including phenoxy) is 1. The fraction of sp³-hybridized carbons (Fsp3) is 0.462. The molecule has 0 aliphatic carbocycles. The number of carbonyl (C=O) groups excluding carboxylic acids is 3. The minimum atomic E-state index is -0.720. The average Bonchev–Trinajstić information content (AvgIpc) is 2.97. The fourth-order valence-corrected chi connectivity index (χ4v) is 2.72. The summed E-state index contributed by atoms with van der Waals surface area (Å²) in [6, 6.07) is 0. The molecule has 6 nitrogen and oxygen atoms in total. The summed E-state index contributed by atoms with van der Waals surface area (Å²) in [7, 11) is 0. The summed E-state index contributed by atoms with van der Waals surface area (Å²) in [5.41, 5.74) is 0.731. The molecule has 2 bridgehead atoms. The summed E-state index contributed by atoms with van der Waals surface area (Å²) >= 11 is 0. The first kappa shape index (κ1) is 12.1. The first-order valence-electron chi connectivity index (χ1n) is 6.07. The molecule has 2 saturated heterocycles. The molecule has 3 aliphatic rings. The monoisotopic (exact) mass is 263 g/mol. The van der Waals surface area contributed by atoms with Crippen molar-refractivity contribution in [3.63, 3.8) is 0 Å². The Labute approximate surface area is 109 Å². The van der Waals surface area contributed by atoms with E-state index < -0.39 is 29.6 Å². The van der Waals surface area contributed by atoms with Crippen LogP contribution in [0.25, 0.3) is 0 Å². The van der Waals surface area contributed by atoms with Crippen LogP contribution in [0.2, 0.25) is 0 Å². The second-order valence-corrected chi connectivity index (χ2v) is 5.10. The zero-order valence-corrected chi connectivity index (χ0v) is 10.5. The highest BCUT2D eigenvalue weighted by Crippen LogP contribution is 2.45. The van der Waals surface area contributed by atoms with E-state index in [0.717, 1.165) is 5.57 Å². The van der Waals surface area contributed by atoms with Crippen LogP contribution in [0.4, 0.5) is 0 Å². The van der Waals surface area contributed by atoms with Gasteiger partial charge < -0.3 is 9.57 Å². The van der Waals surface area contributed by atoms with E-state index in [1.807, 2.05) is 0 Å². The van der Waals surface area contributed by atoms with E-state index in [9.17, 15) is 14.4 Å². The van der Waals surface area contributed by atoms with Crippen molar-refractivity contribution in [1.82, 2.24) is 5.06 Å². The van der Waals surface area contributed by atoms with Crippen molar-refractivity contribution in [1.29, 1.82) is 0 Å². The lowest BCUT2D eigenvalue weighted by molar-refractivity contribution is -0.196. The largest absolute Gasteiger partial charge is 0.365 e. The van der Waals surface area contributed by atoms with E-state index in [0.29, 0.717) is 5.06 Å². The zero-order valence-electron chi connectivity index (χ0n) is 10.5. The van der Waals surface area contributed by atoms with Gasteiger partial charge in [0.2, 0.25) is 0 Å². The Morgan fingerprint density at radius 1 is 1.21 bits per heavy atom. The van der Waals surface area contributed by atoms with Crippen LogP contribution in [0.5, 0.6) is 0 Å². The summed E-state index contributed by atoms with van der Waals surface area (Å²) in [5.74, 6) is -2.82. The van der Waals surface area contributed by atoms with Crippen LogP contribution < -0.4 is 0 Å². The summed E-state index contributed by atoms with van der Waals surface area (Å²) in [6.45, 7) is 3.45. The van der Waals surface area contributed by atoms with E-state index in [2.05, 4.69) is 0 Å². The van der Waals surface area contributed by atoms with E-state index in [1.54, 1.807) is 26.0 Å². The van der Waals surface area contributed by atoms with Crippen molar-refractivity contribution in [2.75, 3.05) is 0 Å². The SMILES string of the molecule is CC(C)=CC(=O)ON1C(=O)[C@@H]2[C@@H](C1=O)[C@H]1C=C[C@@H]2O1. The first-order valence-corrected chi connectivity index (χ1v) is 6.07. The molecule has 3 heterocycles. The molecular formula is C13H13NO5. The molecule has 3 rings (SSSR count). The van der Waals surface area contributed by atoms with Gasteiger partial charge in [0.1, 0.15) is 0 Å². The highest BCUT2D eigenvalue weighted by molar-refractivity contribution is 6.06. The van der Waals surface area contributed by atoms with E-state index >= 15 is 0 Å². The number of hydrogen-bond donors (Lipinski definition) is 0. The maximum atomic E-state index is 12.1. The van der Waals surface area contributed by atoms with Crippen molar-refractivity contribution in [3.8, 4) is 0 Å². The van der Waals surface area contributed by atoms with Gasteiger partial charge in [-0.05, 0) is 13.8 Å². The topological polar surface area (TPSA) is 72.9 Å². The van der Waals surface area contributed by atoms with Gasteiger partial charge in [-0.1, -0.05) is 17.7 Å². The molecule has 0 aromatic carbocycles. The quantitative estimate of drug-likeness (QED) is 0.408. The predicted molar refractivity (Wildman–Crippen MR) is 62.2 cm³/mol. The third-order valence-electron chi connectivity index (χ3n) is 3.46. The molecular weight excluding hydrogens is 250 g/mol. The number of amides is 2. The number of fused-ring (bicyclic) bond motifs is 5. The minimum absolute atomic E-state index is 0.376. The Balaban J connectivity index is 1.79. The van der Waals surface area contributed by atoms with Crippen LogP contribution in [-0.2, 0) is 24.0 Å². The van der Waals surface area contributed by atoms with Gasteiger partial charge in [-0.2, -0.15) is 0 Å². The van der Waals surface area contributed by atoms with Gasteiger partial charge in [0, 0.05) is 6.08 Å². The maximum Gasteiger partial charge on any atom is 0.356 e. The Bertz CT molecular complexity index is 501. The van der Waals surface area contributed by atoms with Crippen molar-refractivity contribution < 1.29 is 24.0 Å². The minimum Gasteiger partial charge on any atom is -0.365 e. The Morgan fingerprint density at radius 2 is 1.74 bits per heavy atom. The number of rotatable bonds is 2. The van der Waals surface area contributed by atoms with E-state index in [4.69, 9.17) is 9.57 Å². The van der Waals surface area contributed by atoms with Crippen molar-refractivity contribution >= 4 is 17.8 Å². The standard InChI is InChI=1S/C13H13NO5/c1-6(2)5-9(15)19-14-12(16)10-7-3-4-8(18-7)11(10)13(14)17/h3-5,7-8,10-11H,1-2H3/t7-,8+,10-,11-/m0/s1. The van der Waals surface area contributed by atoms with Gasteiger partial charge in [-0.15, -0.1) is 5.06 Å². The number of hydrogen-bond acceptors (Lipinski definition) is 5. The second-order valence-electron chi connectivity index (χ2n) is 5.10. The molecule has 0 N–H and O–H groups in total. The maximum absolute atomic E-state index is 12.1. The van der Waals surface area contributed by atoms with Crippen LogP contribution >= 0.6 is 0 Å². The molecule has 0 saturated carbocycles. The van der Waals surface area contributed by atoms with E-state index in [1.165, 1.54) is 6.08 Å². The molecule has 100 valence electrons. The summed E-state index contributed by atoms with van der Waals surface area (Å²) in [6.07, 6.45) is 4.03. The first-order chi connectivity index (χ1) is 8.99. The van der Waals surface area contributed by atoms with Crippen LogP contribution in [-0.4, -0.2) is 35.1 Å². The lowest BCUT2D eigenvalue weighted by Gasteiger charge is -2.15. The van der Waals surface area contributed by atoms with E-state index in [-0.39, 0.29) is 12.2 Å². The number of carbonyl (C=O) groups is 3. The normalized spacial score (nSPS) is 34.7. The average molecular weight is 263 g/mol. The van der Waals surface area contributed by atoms with Gasteiger partial charge in [-0.25, -0.2) is 4.79 Å². The number of imide groups is 1. The Hall–Kier alpha value is -1.95. The summed E-state index contributed by atoms with van der Waals surface area (Å²) < 4.78 is 5.47. The smallest absolute Gasteiger partial charge is 0.356 e. The number of allylic oxidation sites excluding steroid dienone is 1. The molecule has 19 heavy (non-hydrogen) atoms. The van der Waals surface area contributed by atoms with Gasteiger partial charge in [0.05, 0.1) is 24.0 Å². The van der Waals surface area contributed by atoms with Gasteiger partial charge in [0.25, 0.3) is 11.8 Å². The molecule has 0 aromatic rings. The molecule has 0 radical (unpaired) electrons. The zero-order chi connectivity index (χ0) is 13.7. The van der Waals surface area contributed by atoms with Crippen molar-refractivity contribution in [3.05, 3.63) is 23.8 Å². The molecule has 0 unspecified atom stereocenters. The Kier molecular flexibility index (Phi) is 2.56. The number of hydroxylamine groups is 2. The van der Waals surface area contributed by atoms with Crippen molar-refractivity contribution in [2.24, 2.45) is 11.8 Å². The van der Waals surface area contributed by atoms with Crippen LogP contribution in [0.1, 0.15) is 13.8 Å². The van der Waals surface area contributed by atoms with Crippen molar-refractivity contribution in [2.45, 2.75) is 26.1 Å². The van der Waals surface area contributed by atoms with Gasteiger partial charge in [0.15, 0.2) is 0 Å². The summed E-state index contributed by atoms with van der Waals surface area (Å²) in [4.78, 5) is 40.6. The molecule has 3 aliphatic heterocycles. The molecule has 2 amide bonds. The second kappa shape index (κ2) is 4.03. The highest BCUT2D eigenvalue weighted by Gasteiger charge is 2.62. The summed E-state index contributed by atoms with van der Waals surface area (Å²) in [5, 5.41) is 0.590. The van der Waals surface area contributed by atoms with Crippen LogP contribution in [0.3, 0.4) is 0 Å². The lowest BCUT2D eigenvalue weighted by Crippen LogP contribution is -2.36. The molecule has 2 fully saturated rings. The number of nitrogens with zero attached hydrogens (tertiary/aromatic N) is 1. The molecule has 0 spiro atoms. The third-order valence-corrected chi connectivity index (χ3v) is 3.46. The molecule has 6 heteroatoms. The predicted octanol–water partition coefficient (Wildman–Crippen LogP) is 0.349.